The van der Waals surface area contributed by atoms with Gasteiger partial charge in [0.2, 0.25) is 10.0 Å². The molecule has 0 atom stereocenters. The van der Waals surface area contributed by atoms with Crippen LogP contribution >= 0.6 is 0 Å². The van der Waals surface area contributed by atoms with E-state index in [-0.39, 0.29) is 6.04 Å². The molecular formula is C18H22F3N3O2S. The number of rotatable bonds is 4. The Morgan fingerprint density at radius 3 is 2.44 bits per heavy atom. The van der Waals surface area contributed by atoms with Crippen molar-refractivity contribution in [3.05, 3.63) is 36.0 Å². The molecule has 1 aromatic heterocycles. The minimum Gasteiger partial charge on any atom is -0.371 e. The molecule has 1 aliphatic rings. The summed E-state index contributed by atoms with van der Waals surface area (Å²) in [6.07, 6.45) is -0.327. The van der Waals surface area contributed by atoms with Gasteiger partial charge in [-0.1, -0.05) is 13.0 Å². The van der Waals surface area contributed by atoms with Crippen molar-refractivity contribution in [2.75, 3.05) is 30.8 Å². The summed E-state index contributed by atoms with van der Waals surface area (Å²) < 4.78 is 64.1. The van der Waals surface area contributed by atoms with Crippen LogP contribution in [-0.4, -0.2) is 49.6 Å². The molecule has 2 aromatic rings. The Bertz CT molecular complexity index is 923. The minimum atomic E-state index is -4.40. The maximum atomic E-state index is 12.9. The second-order valence-corrected chi connectivity index (χ2v) is 8.68. The normalized spacial score (nSPS) is 17.0. The summed E-state index contributed by atoms with van der Waals surface area (Å²) in [7, 11) is -3.25. The van der Waals surface area contributed by atoms with Crippen LogP contribution in [0.3, 0.4) is 0 Å². The Labute approximate surface area is 156 Å². The first-order chi connectivity index (χ1) is 12.6. The molecule has 1 saturated heterocycles. The van der Waals surface area contributed by atoms with Gasteiger partial charge >= 0.3 is 6.18 Å². The van der Waals surface area contributed by atoms with Crippen LogP contribution in [0.4, 0.5) is 18.9 Å². The highest BCUT2D eigenvalue weighted by Crippen LogP contribution is 2.34. The fraction of sp³-hybridized carbons (Fsp3) is 0.500. The molecule has 9 heteroatoms. The number of nitrogens with zero attached hydrogens (tertiary/aromatic N) is 3. The Morgan fingerprint density at radius 1 is 1.22 bits per heavy atom. The predicted molar refractivity (Wildman–Crippen MR) is 99.2 cm³/mol. The summed E-state index contributed by atoms with van der Waals surface area (Å²) >= 11 is 0. The van der Waals surface area contributed by atoms with Crippen LogP contribution < -0.4 is 4.90 Å². The fourth-order valence-electron chi connectivity index (χ4n) is 3.74. The van der Waals surface area contributed by atoms with Gasteiger partial charge in [0, 0.05) is 42.9 Å². The van der Waals surface area contributed by atoms with Gasteiger partial charge in [0.25, 0.3) is 0 Å². The van der Waals surface area contributed by atoms with E-state index in [1.165, 1.54) is 22.8 Å². The van der Waals surface area contributed by atoms with E-state index in [0.717, 1.165) is 17.8 Å². The van der Waals surface area contributed by atoms with E-state index in [1.54, 1.807) is 6.07 Å². The predicted octanol–water partition coefficient (Wildman–Crippen LogP) is 3.50. The monoisotopic (exact) mass is 401 g/mol. The number of fused-ring (bicyclic) bond motifs is 1. The number of piperidine rings is 1. The van der Waals surface area contributed by atoms with Crippen molar-refractivity contribution in [1.82, 2.24) is 9.29 Å². The van der Waals surface area contributed by atoms with Crippen molar-refractivity contribution in [3.8, 4) is 0 Å². The van der Waals surface area contributed by atoms with E-state index in [9.17, 15) is 21.6 Å². The van der Waals surface area contributed by atoms with E-state index in [1.807, 2.05) is 6.92 Å². The van der Waals surface area contributed by atoms with Gasteiger partial charge in [0.15, 0.2) is 0 Å². The topological polar surface area (TPSA) is 53.5 Å². The maximum absolute atomic E-state index is 12.9. The first kappa shape index (κ1) is 19.9. The standard InChI is InChI=1S/C18H22F3N3O2S/c1-3-24(27(2,25)26)14-7-10-23(11-8-14)17-6-9-22-16-12-13(18(19,20)21)4-5-15(16)17/h4-6,9,12,14H,3,7-8,10-11H2,1-2H3. The van der Waals surface area contributed by atoms with Gasteiger partial charge in [-0.2, -0.15) is 17.5 Å². The molecule has 3 rings (SSSR count). The van der Waals surface area contributed by atoms with Crippen LogP contribution in [0.15, 0.2) is 30.5 Å². The first-order valence-electron chi connectivity index (χ1n) is 8.79. The third-order valence-electron chi connectivity index (χ3n) is 5.00. The molecule has 0 spiro atoms. The lowest BCUT2D eigenvalue weighted by molar-refractivity contribution is -0.137. The lowest BCUT2D eigenvalue weighted by Crippen LogP contribution is -2.47. The molecule has 1 aromatic carbocycles. The molecule has 2 heterocycles. The van der Waals surface area contributed by atoms with Gasteiger partial charge in [-0.25, -0.2) is 8.42 Å². The van der Waals surface area contributed by atoms with Crippen LogP contribution in [0, 0.1) is 0 Å². The summed E-state index contributed by atoms with van der Waals surface area (Å²) in [6, 6.07) is 5.34. The SMILES string of the molecule is CCN(C1CCN(c2ccnc3cc(C(F)(F)F)ccc23)CC1)S(C)(=O)=O. The highest BCUT2D eigenvalue weighted by atomic mass is 32.2. The average Bonchev–Trinajstić information content (AvgIpc) is 2.60. The fourth-order valence-corrected chi connectivity index (χ4v) is 4.96. The summed E-state index contributed by atoms with van der Waals surface area (Å²) in [5, 5.41) is 0.666. The smallest absolute Gasteiger partial charge is 0.371 e. The molecule has 0 unspecified atom stereocenters. The highest BCUT2D eigenvalue weighted by molar-refractivity contribution is 7.88. The summed E-state index contributed by atoms with van der Waals surface area (Å²) in [5.74, 6) is 0. The lowest BCUT2D eigenvalue weighted by atomic mass is 10.0. The zero-order chi connectivity index (χ0) is 19.8. The van der Waals surface area contributed by atoms with Crippen molar-refractivity contribution < 1.29 is 21.6 Å². The maximum Gasteiger partial charge on any atom is 0.416 e. The van der Waals surface area contributed by atoms with E-state index >= 15 is 0 Å². The first-order valence-corrected chi connectivity index (χ1v) is 10.6. The molecule has 0 amide bonds. The Balaban J connectivity index is 1.83. The van der Waals surface area contributed by atoms with E-state index in [2.05, 4.69) is 9.88 Å². The van der Waals surface area contributed by atoms with Crippen molar-refractivity contribution in [2.24, 2.45) is 0 Å². The molecule has 148 valence electrons. The van der Waals surface area contributed by atoms with E-state index in [0.29, 0.717) is 43.4 Å². The number of sulfonamides is 1. The quantitative estimate of drug-likeness (QED) is 0.787. The minimum absolute atomic E-state index is 0.0498. The van der Waals surface area contributed by atoms with Gasteiger partial charge in [0.1, 0.15) is 0 Å². The Hall–Kier alpha value is -1.87. The van der Waals surface area contributed by atoms with Gasteiger partial charge < -0.3 is 4.90 Å². The van der Waals surface area contributed by atoms with Crippen LogP contribution in [0.25, 0.3) is 10.9 Å². The molecule has 0 N–H and O–H groups in total. The number of alkyl halides is 3. The second kappa shape index (κ2) is 7.27. The van der Waals surface area contributed by atoms with E-state index in [4.69, 9.17) is 0 Å². The van der Waals surface area contributed by atoms with Crippen LogP contribution in [0.1, 0.15) is 25.3 Å². The van der Waals surface area contributed by atoms with Gasteiger partial charge in [-0.3, -0.25) is 4.98 Å². The summed E-state index contributed by atoms with van der Waals surface area (Å²) in [4.78, 5) is 6.17. The number of hydrogen-bond donors (Lipinski definition) is 0. The third-order valence-corrected chi connectivity index (χ3v) is 6.41. The molecular weight excluding hydrogens is 379 g/mol. The number of anilines is 1. The van der Waals surface area contributed by atoms with Crippen molar-refractivity contribution in [3.63, 3.8) is 0 Å². The number of pyridine rings is 1. The number of hydrogen-bond acceptors (Lipinski definition) is 4. The van der Waals surface area contributed by atoms with Gasteiger partial charge in [-0.05, 0) is 31.0 Å². The van der Waals surface area contributed by atoms with Crippen LogP contribution in [0.5, 0.6) is 0 Å². The molecule has 0 aliphatic carbocycles. The molecule has 0 bridgehead atoms. The summed E-state index contributed by atoms with van der Waals surface area (Å²) in [5.41, 5.74) is 0.412. The molecule has 1 aliphatic heterocycles. The Morgan fingerprint density at radius 2 is 1.89 bits per heavy atom. The lowest BCUT2D eigenvalue weighted by Gasteiger charge is -2.38. The van der Waals surface area contributed by atoms with Crippen LogP contribution in [0.2, 0.25) is 0 Å². The highest BCUT2D eigenvalue weighted by Gasteiger charge is 2.32. The Kier molecular flexibility index (Phi) is 5.36. The number of aromatic nitrogens is 1. The molecule has 1 fully saturated rings. The van der Waals surface area contributed by atoms with Crippen LogP contribution in [-0.2, 0) is 16.2 Å². The van der Waals surface area contributed by atoms with Gasteiger partial charge in [-0.15, -0.1) is 0 Å². The average molecular weight is 401 g/mol. The number of benzene rings is 1. The third kappa shape index (κ3) is 4.19. The largest absolute Gasteiger partial charge is 0.416 e. The molecule has 27 heavy (non-hydrogen) atoms. The van der Waals surface area contributed by atoms with Crippen molar-refractivity contribution >= 4 is 26.6 Å². The zero-order valence-electron chi connectivity index (χ0n) is 15.2. The van der Waals surface area contributed by atoms with Gasteiger partial charge in [0.05, 0.1) is 17.3 Å². The second-order valence-electron chi connectivity index (χ2n) is 6.74. The number of halogens is 3. The molecule has 0 radical (unpaired) electrons. The molecule has 5 nitrogen and oxygen atoms in total. The zero-order valence-corrected chi connectivity index (χ0v) is 16.0. The van der Waals surface area contributed by atoms with Crippen molar-refractivity contribution in [2.45, 2.75) is 32.0 Å². The van der Waals surface area contributed by atoms with E-state index < -0.39 is 21.8 Å². The molecule has 0 saturated carbocycles. The summed E-state index contributed by atoms with van der Waals surface area (Å²) in [6.45, 7) is 3.53. The van der Waals surface area contributed by atoms with Crippen molar-refractivity contribution in [1.29, 1.82) is 0 Å².